The molecule has 33 heavy (non-hydrogen) atoms. The van der Waals surface area contributed by atoms with Crippen LogP contribution in [-0.4, -0.2) is 39.9 Å². The Morgan fingerprint density at radius 1 is 1.09 bits per heavy atom. The molecule has 0 amide bonds. The SMILES string of the molecule is COC(=O)c1cccc(C(O)c2c(-c3cccc(C(F)(F)F)c3)nn3cc(OC)ccc23)n1. The second kappa shape index (κ2) is 8.55. The number of hydrogen-bond acceptors (Lipinski definition) is 6. The van der Waals surface area contributed by atoms with Gasteiger partial charge in [-0.15, -0.1) is 0 Å². The highest BCUT2D eigenvalue weighted by Crippen LogP contribution is 2.37. The van der Waals surface area contributed by atoms with Crippen LogP contribution in [0.3, 0.4) is 0 Å². The Morgan fingerprint density at radius 3 is 2.55 bits per heavy atom. The number of pyridine rings is 2. The van der Waals surface area contributed by atoms with Gasteiger partial charge in [-0.3, -0.25) is 0 Å². The summed E-state index contributed by atoms with van der Waals surface area (Å²) >= 11 is 0. The maximum Gasteiger partial charge on any atom is 0.416 e. The van der Waals surface area contributed by atoms with Gasteiger partial charge in [0.05, 0.1) is 42.9 Å². The van der Waals surface area contributed by atoms with E-state index in [0.717, 1.165) is 12.1 Å². The number of aliphatic hydroxyl groups excluding tert-OH is 1. The maximum atomic E-state index is 13.3. The van der Waals surface area contributed by atoms with Gasteiger partial charge in [0.25, 0.3) is 0 Å². The van der Waals surface area contributed by atoms with E-state index in [2.05, 4.69) is 14.8 Å². The number of rotatable bonds is 5. The summed E-state index contributed by atoms with van der Waals surface area (Å²) in [4.78, 5) is 16.0. The number of alkyl halides is 3. The van der Waals surface area contributed by atoms with Crippen molar-refractivity contribution in [3.05, 3.63) is 83.3 Å². The van der Waals surface area contributed by atoms with Gasteiger partial charge in [-0.25, -0.2) is 14.3 Å². The minimum atomic E-state index is -4.55. The quantitative estimate of drug-likeness (QED) is 0.450. The first-order chi connectivity index (χ1) is 15.7. The molecule has 0 saturated heterocycles. The number of benzene rings is 1. The van der Waals surface area contributed by atoms with Crippen LogP contribution in [0.5, 0.6) is 5.75 Å². The zero-order valence-electron chi connectivity index (χ0n) is 17.5. The summed E-state index contributed by atoms with van der Waals surface area (Å²) in [5.41, 5.74) is 0.191. The molecule has 1 unspecified atom stereocenters. The first-order valence-corrected chi connectivity index (χ1v) is 9.70. The Morgan fingerprint density at radius 2 is 1.85 bits per heavy atom. The van der Waals surface area contributed by atoms with Crippen molar-refractivity contribution in [2.75, 3.05) is 14.2 Å². The van der Waals surface area contributed by atoms with E-state index in [0.29, 0.717) is 11.3 Å². The van der Waals surface area contributed by atoms with E-state index in [-0.39, 0.29) is 28.2 Å². The molecule has 0 aliphatic rings. The van der Waals surface area contributed by atoms with Gasteiger partial charge in [0.1, 0.15) is 17.5 Å². The molecule has 4 aromatic rings. The number of aromatic nitrogens is 3. The predicted octanol–water partition coefficient (Wildman–Crippen LogP) is 4.29. The van der Waals surface area contributed by atoms with Gasteiger partial charge in [-0.2, -0.15) is 18.3 Å². The maximum absolute atomic E-state index is 13.3. The second-order valence-electron chi connectivity index (χ2n) is 7.08. The second-order valence-corrected chi connectivity index (χ2v) is 7.08. The lowest BCUT2D eigenvalue weighted by molar-refractivity contribution is -0.137. The van der Waals surface area contributed by atoms with E-state index in [1.807, 2.05) is 0 Å². The Kier molecular flexibility index (Phi) is 5.77. The summed E-state index contributed by atoms with van der Waals surface area (Å²) in [6.45, 7) is 0. The fraction of sp³-hybridized carbons (Fsp3) is 0.174. The number of methoxy groups -OCH3 is 2. The van der Waals surface area contributed by atoms with Crippen molar-refractivity contribution >= 4 is 11.5 Å². The van der Waals surface area contributed by atoms with Crippen molar-refractivity contribution in [3.63, 3.8) is 0 Å². The molecule has 4 rings (SSSR count). The monoisotopic (exact) mass is 457 g/mol. The normalized spacial score (nSPS) is 12.5. The van der Waals surface area contributed by atoms with E-state index >= 15 is 0 Å². The molecular formula is C23H18F3N3O4. The molecule has 0 aliphatic heterocycles. The van der Waals surface area contributed by atoms with Gasteiger partial charge in [0.15, 0.2) is 0 Å². The highest BCUT2D eigenvalue weighted by atomic mass is 19.4. The number of carbonyl (C=O) groups excluding carboxylic acids is 1. The summed E-state index contributed by atoms with van der Waals surface area (Å²) < 4.78 is 51.3. The van der Waals surface area contributed by atoms with Crippen LogP contribution in [0.2, 0.25) is 0 Å². The third-order valence-corrected chi connectivity index (χ3v) is 5.06. The van der Waals surface area contributed by atoms with Crippen LogP contribution < -0.4 is 4.74 Å². The van der Waals surface area contributed by atoms with E-state index in [4.69, 9.17) is 4.74 Å². The van der Waals surface area contributed by atoms with E-state index in [1.165, 1.54) is 49.1 Å². The van der Waals surface area contributed by atoms with Crippen LogP contribution in [0, 0.1) is 0 Å². The van der Waals surface area contributed by atoms with Gasteiger partial charge >= 0.3 is 12.1 Å². The average molecular weight is 457 g/mol. The average Bonchev–Trinajstić information content (AvgIpc) is 3.21. The Hall–Kier alpha value is -3.92. The molecular weight excluding hydrogens is 439 g/mol. The number of nitrogens with zero attached hydrogens (tertiary/aromatic N) is 3. The molecule has 3 aromatic heterocycles. The molecule has 0 radical (unpaired) electrons. The van der Waals surface area contributed by atoms with Crippen LogP contribution in [-0.2, 0) is 10.9 Å². The number of esters is 1. The lowest BCUT2D eigenvalue weighted by Crippen LogP contribution is -2.10. The van der Waals surface area contributed by atoms with Crippen molar-refractivity contribution in [3.8, 4) is 17.0 Å². The third-order valence-electron chi connectivity index (χ3n) is 5.06. The van der Waals surface area contributed by atoms with Gasteiger partial charge in [-0.1, -0.05) is 18.2 Å². The molecule has 0 spiro atoms. The number of fused-ring (bicyclic) bond motifs is 1. The van der Waals surface area contributed by atoms with Crippen LogP contribution in [0.1, 0.15) is 33.4 Å². The van der Waals surface area contributed by atoms with E-state index in [9.17, 15) is 23.1 Å². The fourth-order valence-electron chi connectivity index (χ4n) is 3.47. The largest absolute Gasteiger partial charge is 0.495 e. The summed E-state index contributed by atoms with van der Waals surface area (Å²) in [5, 5.41) is 15.7. The molecule has 10 heteroatoms. The molecule has 1 aromatic carbocycles. The van der Waals surface area contributed by atoms with Crippen LogP contribution in [0.15, 0.2) is 60.8 Å². The van der Waals surface area contributed by atoms with E-state index < -0.39 is 23.8 Å². The highest BCUT2D eigenvalue weighted by molar-refractivity contribution is 5.87. The van der Waals surface area contributed by atoms with Gasteiger partial charge < -0.3 is 14.6 Å². The first kappa shape index (κ1) is 22.3. The number of aliphatic hydroxyl groups is 1. The van der Waals surface area contributed by atoms with Gasteiger partial charge in [0.2, 0.25) is 0 Å². The van der Waals surface area contributed by atoms with Gasteiger partial charge in [-0.05, 0) is 36.4 Å². The summed E-state index contributed by atoms with van der Waals surface area (Å²) in [7, 11) is 2.67. The number of hydrogen-bond donors (Lipinski definition) is 1. The molecule has 0 bridgehead atoms. The molecule has 0 fully saturated rings. The van der Waals surface area contributed by atoms with Crippen LogP contribution in [0.4, 0.5) is 13.2 Å². The molecule has 3 heterocycles. The van der Waals surface area contributed by atoms with Crippen LogP contribution in [0.25, 0.3) is 16.8 Å². The zero-order chi connectivity index (χ0) is 23.8. The zero-order valence-corrected chi connectivity index (χ0v) is 17.5. The molecule has 0 aliphatic carbocycles. The molecule has 1 atom stereocenters. The van der Waals surface area contributed by atoms with Crippen molar-refractivity contribution in [2.45, 2.75) is 12.3 Å². The minimum absolute atomic E-state index is 0.0205. The number of ether oxygens (including phenoxy) is 2. The number of halogens is 3. The molecule has 7 nitrogen and oxygen atoms in total. The van der Waals surface area contributed by atoms with Crippen molar-refractivity contribution in [1.82, 2.24) is 14.6 Å². The summed E-state index contributed by atoms with van der Waals surface area (Å²) in [6, 6.07) is 12.4. The van der Waals surface area contributed by atoms with Gasteiger partial charge in [0, 0.05) is 11.1 Å². The first-order valence-electron chi connectivity index (χ1n) is 9.70. The van der Waals surface area contributed by atoms with Crippen molar-refractivity contribution in [2.24, 2.45) is 0 Å². The molecule has 1 N–H and O–H groups in total. The lowest BCUT2D eigenvalue weighted by Gasteiger charge is -2.13. The minimum Gasteiger partial charge on any atom is -0.495 e. The van der Waals surface area contributed by atoms with Crippen molar-refractivity contribution in [1.29, 1.82) is 0 Å². The Labute approximate surface area is 186 Å². The molecule has 170 valence electrons. The Bertz CT molecular complexity index is 1330. The topological polar surface area (TPSA) is 86.0 Å². The standard InChI is InChI=1S/C23H18F3N3O4/c1-32-15-9-10-18-19(21(30)16-7-4-8-17(27-16)22(31)33-2)20(28-29(18)12-15)13-5-3-6-14(11-13)23(24,25)26/h3-12,21,30H,1-2H3. The molecule has 0 saturated carbocycles. The van der Waals surface area contributed by atoms with Crippen molar-refractivity contribution < 1.29 is 32.5 Å². The smallest absolute Gasteiger partial charge is 0.416 e. The summed E-state index contributed by atoms with van der Waals surface area (Å²) in [5.74, 6) is -0.223. The van der Waals surface area contributed by atoms with E-state index in [1.54, 1.807) is 18.3 Å². The summed E-state index contributed by atoms with van der Waals surface area (Å²) in [6.07, 6.45) is -4.40. The fourth-order valence-corrected chi connectivity index (χ4v) is 3.47. The number of carbonyl (C=O) groups is 1. The lowest BCUT2D eigenvalue weighted by atomic mass is 9.98. The van der Waals surface area contributed by atoms with Crippen LogP contribution >= 0.6 is 0 Å². The highest BCUT2D eigenvalue weighted by Gasteiger charge is 2.32. The third kappa shape index (κ3) is 4.24. The predicted molar refractivity (Wildman–Crippen MR) is 112 cm³/mol. The Balaban J connectivity index is 1.93.